The van der Waals surface area contributed by atoms with Crippen molar-refractivity contribution in [3.05, 3.63) is 59.7 Å². The van der Waals surface area contributed by atoms with Crippen LogP contribution in [-0.4, -0.2) is 54.5 Å². The number of benzene rings is 2. The van der Waals surface area contributed by atoms with Crippen molar-refractivity contribution < 1.29 is 37.7 Å². The van der Waals surface area contributed by atoms with Crippen LogP contribution in [0.15, 0.2) is 42.5 Å². The Hall–Kier alpha value is -3.20. The summed E-state index contributed by atoms with van der Waals surface area (Å²) in [6.07, 6.45) is 1.33. The first-order valence-electron chi connectivity index (χ1n) is 11.3. The Kier molecular flexibility index (Phi) is 11.3. The number of amides is 1. The number of aliphatic carboxylic acids is 1. The van der Waals surface area contributed by atoms with E-state index >= 15 is 0 Å². The molecule has 0 radical (unpaired) electrons. The molecule has 34 heavy (non-hydrogen) atoms. The average Bonchev–Trinajstić information content (AvgIpc) is 2.81. The predicted molar refractivity (Wildman–Crippen MR) is 122 cm³/mol. The fraction of sp³-hybridized carbons (Fsp3) is 0.440. The molecule has 1 unspecified atom stereocenters. The maximum atomic E-state index is 13.4. The van der Waals surface area contributed by atoms with Crippen LogP contribution in [0, 0.1) is 11.6 Å². The van der Waals surface area contributed by atoms with Gasteiger partial charge in [-0.2, -0.15) is 0 Å². The molecule has 9 heteroatoms. The van der Waals surface area contributed by atoms with Gasteiger partial charge in [-0.25, -0.2) is 18.4 Å². The highest BCUT2D eigenvalue weighted by molar-refractivity contribution is 5.72. The first-order chi connectivity index (χ1) is 16.3. The maximum absolute atomic E-state index is 13.4. The molecule has 2 aromatic carbocycles. The molecule has 0 saturated carbocycles. The SMILES string of the molecule is CCCCCN(CCOc1ccc(CC(OCC)C(=O)O)cc1)C(=O)Oc1ccc(F)c(F)c1. The number of carboxylic acids is 1. The minimum Gasteiger partial charge on any atom is -0.492 e. The van der Waals surface area contributed by atoms with Gasteiger partial charge >= 0.3 is 12.1 Å². The third-order valence-corrected chi connectivity index (χ3v) is 5.00. The van der Waals surface area contributed by atoms with Gasteiger partial charge in [-0.15, -0.1) is 0 Å². The van der Waals surface area contributed by atoms with Crippen LogP contribution in [0.4, 0.5) is 13.6 Å². The van der Waals surface area contributed by atoms with E-state index in [2.05, 4.69) is 0 Å². The maximum Gasteiger partial charge on any atom is 0.415 e. The van der Waals surface area contributed by atoms with Crippen LogP contribution in [0.2, 0.25) is 0 Å². The van der Waals surface area contributed by atoms with E-state index in [9.17, 15) is 23.5 Å². The normalized spacial score (nSPS) is 11.6. The van der Waals surface area contributed by atoms with Crippen molar-refractivity contribution in [1.82, 2.24) is 4.90 Å². The Bertz CT molecular complexity index is 922. The van der Waals surface area contributed by atoms with Gasteiger partial charge < -0.3 is 24.2 Å². The highest BCUT2D eigenvalue weighted by atomic mass is 19.2. The molecule has 2 rings (SSSR count). The van der Waals surface area contributed by atoms with Gasteiger partial charge in [0.1, 0.15) is 18.1 Å². The molecule has 1 amide bonds. The smallest absolute Gasteiger partial charge is 0.415 e. The molecule has 2 aromatic rings. The molecule has 186 valence electrons. The molecule has 0 heterocycles. The molecular formula is C25H31F2NO6. The lowest BCUT2D eigenvalue weighted by atomic mass is 10.1. The Morgan fingerprint density at radius 1 is 0.971 bits per heavy atom. The molecule has 0 bridgehead atoms. The number of ether oxygens (including phenoxy) is 3. The number of nitrogens with zero attached hydrogens (tertiary/aromatic N) is 1. The van der Waals surface area contributed by atoms with E-state index in [0.29, 0.717) is 18.9 Å². The number of hydrogen-bond acceptors (Lipinski definition) is 5. The van der Waals surface area contributed by atoms with Crippen molar-refractivity contribution in [2.45, 2.75) is 45.6 Å². The van der Waals surface area contributed by atoms with E-state index < -0.39 is 29.8 Å². The zero-order valence-electron chi connectivity index (χ0n) is 19.5. The summed E-state index contributed by atoms with van der Waals surface area (Å²) in [4.78, 5) is 25.3. The van der Waals surface area contributed by atoms with E-state index in [1.165, 1.54) is 11.0 Å². The van der Waals surface area contributed by atoms with Crippen molar-refractivity contribution in [3.63, 3.8) is 0 Å². The third kappa shape index (κ3) is 8.97. The van der Waals surface area contributed by atoms with Crippen LogP contribution < -0.4 is 9.47 Å². The molecule has 0 aliphatic carbocycles. The molecule has 7 nitrogen and oxygen atoms in total. The molecule has 1 N–H and O–H groups in total. The average molecular weight is 480 g/mol. The molecule has 0 spiro atoms. The highest BCUT2D eigenvalue weighted by Gasteiger charge is 2.19. The number of carboxylic acid groups (broad SMARTS) is 1. The summed E-state index contributed by atoms with van der Waals surface area (Å²) in [7, 11) is 0. The number of halogens is 2. The molecule has 0 aliphatic rings. The molecule has 0 fully saturated rings. The molecular weight excluding hydrogens is 448 g/mol. The van der Waals surface area contributed by atoms with Gasteiger partial charge in [-0.3, -0.25) is 0 Å². The van der Waals surface area contributed by atoms with Gasteiger partial charge in [-0.1, -0.05) is 31.9 Å². The Balaban J connectivity index is 1.91. The van der Waals surface area contributed by atoms with Gasteiger partial charge in [0.05, 0.1) is 6.54 Å². The van der Waals surface area contributed by atoms with Crippen LogP contribution >= 0.6 is 0 Å². The summed E-state index contributed by atoms with van der Waals surface area (Å²) in [6.45, 7) is 4.96. The van der Waals surface area contributed by atoms with Crippen molar-refractivity contribution in [3.8, 4) is 11.5 Å². The first-order valence-corrected chi connectivity index (χ1v) is 11.3. The quantitative estimate of drug-likeness (QED) is 0.381. The number of carbonyl (C=O) groups excluding carboxylic acids is 1. The molecule has 0 aliphatic heterocycles. The zero-order chi connectivity index (χ0) is 24.9. The second-order valence-electron chi connectivity index (χ2n) is 7.62. The first kappa shape index (κ1) is 27.0. The van der Waals surface area contributed by atoms with E-state index in [4.69, 9.17) is 14.2 Å². The minimum absolute atomic E-state index is 0.0763. The Labute approximate surface area is 198 Å². The third-order valence-electron chi connectivity index (χ3n) is 5.00. The van der Waals surface area contributed by atoms with Crippen LogP contribution in [0.25, 0.3) is 0 Å². The van der Waals surface area contributed by atoms with Crippen molar-refractivity contribution >= 4 is 12.1 Å². The van der Waals surface area contributed by atoms with Gasteiger partial charge in [0.25, 0.3) is 0 Å². The van der Waals surface area contributed by atoms with Gasteiger partial charge in [-0.05, 0) is 43.2 Å². The van der Waals surface area contributed by atoms with E-state index in [1.807, 2.05) is 6.92 Å². The standard InChI is InChI=1S/C25H31F2NO6/c1-3-5-6-13-28(25(31)34-20-11-12-21(26)22(27)17-20)14-15-33-19-9-7-18(8-10-19)16-23(24(29)30)32-4-2/h7-12,17,23H,3-6,13-16H2,1-2H3,(H,29,30). The summed E-state index contributed by atoms with van der Waals surface area (Å²) < 4.78 is 42.7. The fourth-order valence-electron chi connectivity index (χ4n) is 3.18. The van der Waals surface area contributed by atoms with Crippen LogP contribution in [0.3, 0.4) is 0 Å². The largest absolute Gasteiger partial charge is 0.492 e. The van der Waals surface area contributed by atoms with Gasteiger partial charge in [0.2, 0.25) is 0 Å². The summed E-state index contributed by atoms with van der Waals surface area (Å²) in [6, 6.07) is 9.90. The lowest BCUT2D eigenvalue weighted by molar-refractivity contribution is -0.149. The minimum atomic E-state index is -1.09. The monoisotopic (exact) mass is 479 g/mol. The predicted octanol–water partition coefficient (Wildman–Crippen LogP) is 5.07. The van der Waals surface area contributed by atoms with E-state index in [0.717, 1.165) is 37.0 Å². The second-order valence-corrected chi connectivity index (χ2v) is 7.62. The summed E-state index contributed by atoms with van der Waals surface area (Å²) >= 11 is 0. The summed E-state index contributed by atoms with van der Waals surface area (Å²) in [5.74, 6) is -2.64. The lowest BCUT2D eigenvalue weighted by Crippen LogP contribution is -2.37. The summed E-state index contributed by atoms with van der Waals surface area (Å²) in [5, 5.41) is 9.20. The second kappa shape index (κ2) is 14.1. The van der Waals surface area contributed by atoms with Crippen molar-refractivity contribution in [2.75, 3.05) is 26.3 Å². The Morgan fingerprint density at radius 2 is 1.68 bits per heavy atom. The highest BCUT2D eigenvalue weighted by Crippen LogP contribution is 2.17. The van der Waals surface area contributed by atoms with Crippen LogP contribution in [0.5, 0.6) is 11.5 Å². The lowest BCUT2D eigenvalue weighted by Gasteiger charge is -2.22. The molecule has 1 atom stereocenters. The van der Waals surface area contributed by atoms with Crippen LogP contribution in [0.1, 0.15) is 38.7 Å². The zero-order valence-corrected chi connectivity index (χ0v) is 19.5. The van der Waals surface area contributed by atoms with Gasteiger partial charge in [0, 0.05) is 25.6 Å². The van der Waals surface area contributed by atoms with Crippen molar-refractivity contribution in [1.29, 1.82) is 0 Å². The molecule has 0 aromatic heterocycles. The molecule has 0 saturated heterocycles. The number of hydrogen-bond donors (Lipinski definition) is 1. The van der Waals surface area contributed by atoms with E-state index in [1.54, 1.807) is 31.2 Å². The van der Waals surface area contributed by atoms with Gasteiger partial charge in [0.15, 0.2) is 17.7 Å². The number of unbranched alkanes of at least 4 members (excludes halogenated alkanes) is 2. The Morgan fingerprint density at radius 3 is 2.29 bits per heavy atom. The fourth-order valence-corrected chi connectivity index (χ4v) is 3.18. The topological polar surface area (TPSA) is 85.3 Å². The number of rotatable bonds is 14. The van der Waals surface area contributed by atoms with E-state index in [-0.39, 0.29) is 25.3 Å². The van der Waals surface area contributed by atoms with Crippen molar-refractivity contribution in [2.24, 2.45) is 0 Å². The number of carbonyl (C=O) groups is 2. The van der Waals surface area contributed by atoms with Crippen LogP contribution in [-0.2, 0) is 16.0 Å². The summed E-state index contributed by atoms with van der Waals surface area (Å²) in [5.41, 5.74) is 0.796.